The van der Waals surface area contributed by atoms with Crippen molar-refractivity contribution < 1.29 is 9.59 Å². The Morgan fingerprint density at radius 3 is 3.06 bits per heavy atom. The van der Waals surface area contributed by atoms with Crippen molar-refractivity contribution >= 4 is 12.1 Å². The van der Waals surface area contributed by atoms with Gasteiger partial charge in [-0.3, -0.25) is 4.79 Å². The molecule has 3 atom stereocenters. The molecule has 0 aromatic carbocycles. The Balaban J connectivity index is 2.22. The number of unbranched alkanes of at least 4 members (excludes halogenated alkanes) is 1. The largest absolute Gasteiger partial charge is 0.303 e. The minimum absolute atomic E-state index is 0.116. The Kier molecular flexibility index (Phi) is 3.27. The maximum Gasteiger partial charge on any atom is 0.155 e. The number of fused-ring (bicyclic) bond motifs is 1. The molecule has 2 aliphatic rings. The van der Waals surface area contributed by atoms with E-state index in [0.29, 0.717) is 6.42 Å². The summed E-state index contributed by atoms with van der Waals surface area (Å²) < 4.78 is 0. The van der Waals surface area contributed by atoms with Crippen LogP contribution in [0.5, 0.6) is 0 Å². The molecular weight excluding hydrogens is 200 g/mol. The fourth-order valence-corrected chi connectivity index (χ4v) is 3.42. The van der Waals surface area contributed by atoms with Crippen molar-refractivity contribution in [1.29, 1.82) is 0 Å². The van der Waals surface area contributed by atoms with Crippen LogP contribution in [-0.2, 0) is 9.59 Å². The molecule has 0 saturated heterocycles. The van der Waals surface area contributed by atoms with Crippen molar-refractivity contribution in [1.82, 2.24) is 0 Å². The molecule has 0 amide bonds. The van der Waals surface area contributed by atoms with Gasteiger partial charge in [-0.25, -0.2) is 0 Å². The molecule has 0 unspecified atom stereocenters. The summed E-state index contributed by atoms with van der Waals surface area (Å²) >= 11 is 0. The van der Waals surface area contributed by atoms with E-state index in [1.165, 1.54) is 12.8 Å². The predicted molar refractivity (Wildman–Crippen MR) is 63.0 cm³/mol. The van der Waals surface area contributed by atoms with E-state index in [2.05, 4.69) is 13.0 Å². The van der Waals surface area contributed by atoms with Crippen molar-refractivity contribution in [3.05, 3.63) is 12.2 Å². The van der Waals surface area contributed by atoms with Crippen molar-refractivity contribution in [2.24, 2.45) is 17.3 Å². The highest BCUT2D eigenvalue weighted by atomic mass is 16.1. The fraction of sp³-hybridized carbons (Fsp3) is 0.714. The van der Waals surface area contributed by atoms with Crippen molar-refractivity contribution in [2.45, 2.75) is 45.4 Å². The molecule has 2 rings (SSSR count). The minimum atomic E-state index is 0.116. The third-order valence-electron chi connectivity index (χ3n) is 4.39. The van der Waals surface area contributed by atoms with Gasteiger partial charge in [0.2, 0.25) is 0 Å². The molecule has 0 bridgehead atoms. The highest BCUT2D eigenvalue weighted by Gasteiger charge is 2.48. The number of allylic oxidation sites excluding steroid dienone is 2. The second-order valence-corrected chi connectivity index (χ2v) is 5.29. The fourth-order valence-electron chi connectivity index (χ4n) is 3.42. The molecular formula is C14H20O2. The lowest BCUT2D eigenvalue weighted by Gasteiger charge is -2.36. The molecule has 2 aliphatic carbocycles. The average molecular weight is 220 g/mol. The molecule has 0 radical (unpaired) electrons. The Morgan fingerprint density at radius 2 is 2.38 bits per heavy atom. The van der Waals surface area contributed by atoms with Crippen molar-refractivity contribution in [3.63, 3.8) is 0 Å². The zero-order chi connectivity index (χ0) is 11.6. The smallest absolute Gasteiger partial charge is 0.155 e. The van der Waals surface area contributed by atoms with E-state index in [0.717, 1.165) is 25.5 Å². The van der Waals surface area contributed by atoms with Crippen molar-refractivity contribution in [3.8, 4) is 0 Å². The van der Waals surface area contributed by atoms with Gasteiger partial charge in [0.15, 0.2) is 5.78 Å². The molecule has 0 spiro atoms. The van der Waals surface area contributed by atoms with Crippen LogP contribution in [0, 0.1) is 17.3 Å². The number of carbonyl (C=O) groups is 2. The number of hydrogen-bond donors (Lipinski definition) is 0. The zero-order valence-electron chi connectivity index (χ0n) is 9.95. The summed E-state index contributed by atoms with van der Waals surface area (Å²) in [6.45, 7) is 2.19. The van der Waals surface area contributed by atoms with Crippen LogP contribution in [-0.4, -0.2) is 12.1 Å². The molecule has 1 saturated carbocycles. The summed E-state index contributed by atoms with van der Waals surface area (Å²) in [4.78, 5) is 22.5. The molecule has 0 heterocycles. The highest BCUT2D eigenvalue weighted by Crippen LogP contribution is 2.53. The standard InChI is InChI=1S/C14H20O2/c1-2-3-6-14-7-4-11(10-15)13(14)9-12(16)5-8-14/h5,8,10-11,13H,2-4,6-7,9H2,1H3/t11-,13-,14-/m1/s1. The molecule has 2 nitrogen and oxygen atoms in total. The Labute approximate surface area is 97.1 Å². The van der Waals surface area contributed by atoms with E-state index in [-0.39, 0.29) is 23.0 Å². The van der Waals surface area contributed by atoms with E-state index < -0.39 is 0 Å². The lowest BCUT2D eigenvalue weighted by atomic mass is 9.67. The number of hydrogen-bond acceptors (Lipinski definition) is 2. The van der Waals surface area contributed by atoms with Gasteiger partial charge >= 0.3 is 0 Å². The second kappa shape index (κ2) is 4.52. The monoisotopic (exact) mass is 220 g/mol. The van der Waals surface area contributed by atoms with Crippen LogP contribution in [0.25, 0.3) is 0 Å². The summed E-state index contributed by atoms with van der Waals surface area (Å²) in [5.41, 5.74) is 0.162. The van der Waals surface area contributed by atoms with E-state index >= 15 is 0 Å². The SMILES string of the molecule is CCCC[C@@]12C=CC(=O)C[C@@H]1[C@@H](C=O)CC2. The van der Waals surface area contributed by atoms with Gasteiger partial charge in [0.25, 0.3) is 0 Å². The minimum Gasteiger partial charge on any atom is -0.303 e. The maximum atomic E-state index is 11.5. The first-order chi connectivity index (χ1) is 7.72. The Morgan fingerprint density at radius 1 is 1.56 bits per heavy atom. The third kappa shape index (κ3) is 1.85. The van der Waals surface area contributed by atoms with Gasteiger partial charge in [-0.2, -0.15) is 0 Å². The van der Waals surface area contributed by atoms with Crippen LogP contribution in [0.3, 0.4) is 0 Å². The van der Waals surface area contributed by atoms with E-state index in [9.17, 15) is 9.59 Å². The predicted octanol–water partition coefficient (Wildman–Crippen LogP) is 2.92. The molecule has 16 heavy (non-hydrogen) atoms. The maximum absolute atomic E-state index is 11.5. The molecule has 0 N–H and O–H groups in total. The van der Waals surface area contributed by atoms with Crippen molar-refractivity contribution in [2.75, 3.05) is 0 Å². The molecule has 88 valence electrons. The highest BCUT2D eigenvalue weighted by molar-refractivity contribution is 5.91. The zero-order valence-corrected chi connectivity index (χ0v) is 9.95. The van der Waals surface area contributed by atoms with Crippen LogP contribution in [0.1, 0.15) is 45.4 Å². The summed E-state index contributed by atoms with van der Waals surface area (Å²) in [6, 6.07) is 0. The number of ketones is 1. The molecule has 0 aliphatic heterocycles. The lowest BCUT2D eigenvalue weighted by Crippen LogP contribution is -2.32. The topological polar surface area (TPSA) is 34.1 Å². The molecule has 1 fully saturated rings. The first kappa shape index (κ1) is 11.6. The third-order valence-corrected chi connectivity index (χ3v) is 4.39. The van der Waals surface area contributed by atoms with Gasteiger partial charge in [-0.15, -0.1) is 0 Å². The number of rotatable bonds is 4. The quantitative estimate of drug-likeness (QED) is 0.683. The molecule has 2 heteroatoms. The van der Waals surface area contributed by atoms with E-state index in [1.54, 1.807) is 6.08 Å². The normalized spacial score (nSPS) is 37.4. The first-order valence-corrected chi connectivity index (χ1v) is 6.39. The van der Waals surface area contributed by atoms with Gasteiger partial charge in [0.1, 0.15) is 6.29 Å². The lowest BCUT2D eigenvalue weighted by molar-refractivity contribution is -0.118. The summed E-state index contributed by atoms with van der Waals surface area (Å²) in [6.07, 6.45) is 11.1. The average Bonchev–Trinajstić information content (AvgIpc) is 2.65. The summed E-state index contributed by atoms with van der Waals surface area (Å²) in [7, 11) is 0. The molecule has 0 aromatic heterocycles. The Hall–Kier alpha value is -0.920. The Bertz CT molecular complexity index is 319. The van der Waals surface area contributed by atoms with E-state index in [4.69, 9.17) is 0 Å². The van der Waals surface area contributed by atoms with Gasteiger partial charge < -0.3 is 4.79 Å². The number of carbonyl (C=O) groups excluding carboxylic acids is 2. The van der Waals surface area contributed by atoms with Gasteiger partial charge in [-0.05, 0) is 36.7 Å². The van der Waals surface area contributed by atoms with Crippen LogP contribution in [0.4, 0.5) is 0 Å². The summed E-state index contributed by atoms with van der Waals surface area (Å²) in [5.74, 6) is 0.602. The van der Waals surface area contributed by atoms with E-state index in [1.807, 2.05) is 0 Å². The van der Waals surface area contributed by atoms with Gasteiger partial charge in [0, 0.05) is 12.3 Å². The summed E-state index contributed by atoms with van der Waals surface area (Å²) in [5, 5.41) is 0. The first-order valence-electron chi connectivity index (χ1n) is 6.39. The molecule has 0 aromatic rings. The second-order valence-electron chi connectivity index (χ2n) is 5.29. The van der Waals surface area contributed by atoms with Crippen LogP contribution < -0.4 is 0 Å². The number of aldehydes is 1. The van der Waals surface area contributed by atoms with Crippen LogP contribution in [0.15, 0.2) is 12.2 Å². The van der Waals surface area contributed by atoms with Crippen LogP contribution >= 0.6 is 0 Å². The van der Waals surface area contributed by atoms with Gasteiger partial charge in [0.05, 0.1) is 0 Å². The van der Waals surface area contributed by atoms with Crippen LogP contribution in [0.2, 0.25) is 0 Å². The van der Waals surface area contributed by atoms with Gasteiger partial charge in [-0.1, -0.05) is 25.8 Å².